The van der Waals surface area contributed by atoms with Crippen LogP contribution in [0.1, 0.15) is 53.5 Å². The molecular formula is C17H27FO. The molecular weight excluding hydrogens is 239 g/mol. The Bertz CT molecular complexity index is 410. The van der Waals surface area contributed by atoms with Gasteiger partial charge in [-0.25, -0.2) is 4.39 Å². The first-order valence-electron chi connectivity index (χ1n) is 6.98. The zero-order valence-electron chi connectivity index (χ0n) is 13.1. The topological polar surface area (TPSA) is 9.23 Å². The number of ether oxygens (including phenoxy) is 1. The highest BCUT2D eigenvalue weighted by Crippen LogP contribution is 2.25. The monoisotopic (exact) mass is 266 g/mol. The van der Waals surface area contributed by atoms with Gasteiger partial charge >= 0.3 is 0 Å². The van der Waals surface area contributed by atoms with E-state index < -0.39 is 0 Å². The van der Waals surface area contributed by atoms with Gasteiger partial charge in [-0.2, -0.15) is 0 Å². The second kappa shape index (κ2) is 5.94. The molecule has 0 atom stereocenters. The molecule has 0 fully saturated rings. The van der Waals surface area contributed by atoms with Crippen molar-refractivity contribution in [1.29, 1.82) is 0 Å². The van der Waals surface area contributed by atoms with Crippen molar-refractivity contribution in [2.24, 2.45) is 10.8 Å². The van der Waals surface area contributed by atoms with Gasteiger partial charge in [0, 0.05) is 0 Å². The van der Waals surface area contributed by atoms with Gasteiger partial charge in [0.15, 0.2) is 11.6 Å². The predicted molar refractivity (Wildman–Crippen MR) is 79.1 cm³/mol. The Kier molecular flexibility index (Phi) is 5.00. The maximum atomic E-state index is 13.9. The maximum Gasteiger partial charge on any atom is 0.165 e. The number of rotatable bonds is 4. The van der Waals surface area contributed by atoms with Crippen LogP contribution in [0.5, 0.6) is 5.75 Å². The van der Waals surface area contributed by atoms with Crippen LogP contribution in [0.4, 0.5) is 4.39 Å². The molecule has 0 heterocycles. The summed E-state index contributed by atoms with van der Waals surface area (Å²) >= 11 is 0. The standard InChI is InChI=1S/C17H27FO/c1-16(2,3)9-10-19-15-8-7-13(11-14(15)18)12-17(4,5)6/h7-8,11H,9-10,12H2,1-6H3. The third kappa shape index (κ3) is 6.60. The van der Waals surface area contributed by atoms with Crippen molar-refractivity contribution in [3.63, 3.8) is 0 Å². The molecule has 0 spiro atoms. The van der Waals surface area contributed by atoms with Gasteiger partial charge in [-0.3, -0.25) is 0 Å². The zero-order chi connectivity index (χ0) is 14.7. The van der Waals surface area contributed by atoms with Gasteiger partial charge in [-0.15, -0.1) is 0 Å². The number of benzene rings is 1. The van der Waals surface area contributed by atoms with E-state index in [2.05, 4.69) is 41.5 Å². The normalized spacial score (nSPS) is 12.6. The third-order valence-electron chi connectivity index (χ3n) is 2.84. The molecule has 1 aromatic carbocycles. The molecule has 0 amide bonds. The van der Waals surface area contributed by atoms with E-state index in [-0.39, 0.29) is 16.6 Å². The molecule has 108 valence electrons. The molecule has 1 aromatic rings. The fourth-order valence-corrected chi connectivity index (χ4v) is 1.85. The zero-order valence-corrected chi connectivity index (χ0v) is 13.1. The highest BCUT2D eigenvalue weighted by molar-refractivity contribution is 5.29. The molecule has 0 N–H and O–H groups in total. The van der Waals surface area contributed by atoms with Gasteiger partial charge < -0.3 is 4.74 Å². The Balaban J connectivity index is 2.62. The average Bonchev–Trinajstić information content (AvgIpc) is 2.17. The Morgan fingerprint density at radius 3 is 2.11 bits per heavy atom. The molecule has 1 rings (SSSR count). The van der Waals surface area contributed by atoms with Gasteiger partial charge in [-0.05, 0) is 41.4 Å². The molecule has 2 heteroatoms. The number of hydrogen-bond acceptors (Lipinski definition) is 1. The van der Waals surface area contributed by atoms with E-state index in [1.54, 1.807) is 12.1 Å². The van der Waals surface area contributed by atoms with Gasteiger partial charge in [-0.1, -0.05) is 47.6 Å². The predicted octanol–water partition coefficient (Wildman–Crippen LogP) is 5.23. The largest absolute Gasteiger partial charge is 0.490 e. The van der Waals surface area contributed by atoms with Crippen LogP contribution in [0.15, 0.2) is 18.2 Å². The van der Waals surface area contributed by atoms with Crippen LogP contribution in [-0.4, -0.2) is 6.61 Å². The Morgan fingerprint density at radius 2 is 1.63 bits per heavy atom. The summed E-state index contributed by atoms with van der Waals surface area (Å²) in [5, 5.41) is 0. The maximum absolute atomic E-state index is 13.9. The molecule has 1 nitrogen and oxygen atoms in total. The van der Waals surface area contributed by atoms with Crippen molar-refractivity contribution in [2.45, 2.75) is 54.4 Å². The lowest BCUT2D eigenvalue weighted by Crippen LogP contribution is -2.12. The second-order valence-corrected chi connectivity index (χ2v) is 7.66. The summed E-state index contributed by atoms with van der Waals surface area (Å²) < 4.78 is 19.4. The van der Waals surface area contributed by atoms with Gasteiger partial charge in [0.2, 0.25) is 0 Å². The smallest absolute Gasteiger partial charge is 0.165 e. The average molecular weight is 266 g/mol. The molecule has 0 unspecified atom stereocenters. The molecule has 0 bridgehead atoms. The molecule has 0 radical (unpaired) electrons. The SMILES string of the molecule is CC(C)(C)CCOc1ccc(CC(C)(C)C)cc1F. The first kappa shape index (κ1) is 16.0. The lowest BCUT2D eigenvalue weighted by atomic mass is 9.88. The van der Waals surface area contributed by atoms with E-state index in [0.717, 1.165) is 18.4 Å². The van der Waals surface area contributed by atoms with Gasteiger partial charge in [0.05, 0.1) is 6.61 Å². The molecule has 0 aliphatic rings. The van der Waals surface area contributed by atoms with E-state index in [0.29, 0.717) is 12.4 Å². The minimum Gasteiger partial charge on any atom is -0.490 e. The van der Waals surface area contributed by atoms with Crippen molar-refractivity contribution >= 4 is 0 Å². The highest BCUT2D eigenvalue weighted by atomic mass is 19.1. The van der Waals surface area contributed by atoms with Crippen LogP contribution in [0, 0.1) is 16.6 Å². The second-order valence-electron chi connectivity index (χ2n) is 7.66. The van der Waals surface area contributed by atoms with E-state index in [4.69, 9.17) is 4.74 Å². The quantitative estimate of drug-likeness (QED) is 0.725. The minimum absolute atomic E-state index is 0.168. The summed E-state index contributed by atoms with van der Waals surface area (Å²) in [5.41, 5.74) is 1.40. The molecule has 19 heavy (non-hydrogen) atoms. The lowest BCUT2D eigenvalue weighted by Gasteiger charge is -2.20. The Hall–Kier alpha value is -1.05. The molecule has 0 saturated heterocycles. The van der Waals surface area contributed by atoms with Crippen molar-refractivity contribution in [3.8, 4) is 5.75 Å². The number of hydrogen-bond donors (Lipinski definition) is 0. The first-order valence-corrected chi connectivity index (χ1v) is 6.98. The minimum atomic E-state index is -0.254. The summed E-state index contributed by atoms with van der Waals surface area (Å²) in [6.45, 7) is 13.5. The van der Waals surface area contributed by atoms with Crippen LogP contribution in [0.3, 0.4) is 0 Å². The lowest BCUT2D eigenvalue weighted by molar-refractivity contribution is 0.235. The summed E-state index contributed by atoms with van der Waals surface area (Å²) in [4.78, 5) is 0. The van der Waals surface area contributed by atoms with Crippen LogP contribution in [0.25, 0.3) is 0 Å². The van der Waals surface area contributed by atoms with Crippen LogP contribution in [0.2, 0.25) is 0 Å². The van der Waals surface area contributed by atoms with Gasteiger partial charge in [0.25, 0.3) is 0 Å². The first-order chi connectivity index (χ1) is 8.57. The third-order valence-corrected chi connectivity index (χ3v) is 2.84. The number of halogens is 1. The summed E-state index contributed by atoms with van der Waals surface area (Å²) in [5.74, 6) is 0.109. The van der Waals surface area contributed by atoms with Crippen molar-refractivity contribution in [1.82, 2.24) is 0 Å². The summed E-state index contributed by atoms with van der Waals surface area (Å²) in [7, 11) is 0. The summed E-state index contributed by atoms with van der Waals surface area (Å²) in [6.07, 6.45) is 1.78. The molecule has 0 aromatic heterocycles. The van der Waals surface area contributed by atoms with Crippen LogP contribution in [-0.2, 0) is 6.42 Å². The van der Waals surface area contributed by atoms with Gasteiger partial charge in [0.1, 0.15) is 0 Å². The van der Waals surface area contributed by atoms with Crippen LogP contribution < -0.4 is 4.74 Å². The van der Waals surface area contributed by atoms with Crippen molar-refractivity contribution in [2.75, 3.05) is 6.61 Å². The fourth-order valence-electron chi connectivity index (χ4n) is 1.85. The summed E-state index contributed by atoms with van der Waals surface area (Å²) in [6, 6.07) is 5.30. The van der Waals surface area contributed by atoms with E-state index in [9.17, 15) is 4.39 Å². The highest BCUT2D eigenvalue weighted by Gasteiger charge is 2.14. The van der Waals surface area contributed by atoms with E-state index in [1.165, 1.54) is 0 Å². The van der Waals surface area contributed by atoms with Crippen molar-refractivity contribution < 1.29 is 9.13 Å². The van der Waals surface area contributed by atoms with E-state index >= 15 is 0 Å². The fraction of sp³-hybridized carbons (Fsp3) is 0.647. The molecule has 0 aliphatic heterocycles. The van der Waals surface area contributed by atoms with Crippen molar-refractivity contribution in [3.05, 3.63) is 29.6 Å². The Labute approximate surface area is 117 Å². The Morgan fingerprint density at radius 1 is 1.00 bits per heavy atom. The van der Waals surface area contributed by atoms with Crippen LogP contribution >= 0.6 is 0 Å². The molecule has 0 saturated carbocycles. The van der Waals surface area contributed by atoms with E-state index in [1.807, 2.05) is 6.07 Å². The molecule has 0 aliphatic carbocycles.